The molecule has 74 valence electrons. The van der Waals surface area contributed by atoms with Crippen molar-refractivity contribution in [1.82, 2.24) is 4.72 Å². The van der Waals surface area contributed by atoms with Gasteiger partial charge in [0.05, 0.1) is 0 Å². The highest BCUT2D eigenvalue weighted by Gasteiger charge is 2.36. The summed E-state index contributed by atoms with van der Waals surface area (Å²) < 4.78 is 47.0. The van der Waals surface area contributed by atoms with Crippen LogP contribution in [0.3, 0.4) is 0 Å². The van der Waals surface area contributed by atoms with Crippen LogP contribution in [0, 0.1) is 0 Å². The summed E-state index contributed by atoms with van der Waals surface area (Å²) in [4.78, 5) is 0. The summed E-state index contributed by atoms with van der Waals surface area (Å²) in [5, 5.41) is 0. The van der Waals surface area contributed by atoms with Crippen LogP contribution in [0.1, 0.15) is 26.2 Å². The molecule has 1 atom stereocenters. The lowest BCUT2D eigenvalue weighted by molar-refractivity contribution is -0.0394. The zero-order chi connectivity index (χ0) is 9.61. The van der Waals surface area contributed by atoms with Gasteiger partial charge in [-0.25, -0.2) is 8.93 Å². The Morgan fingerprint density at radius 3 is 2.33 bits per heavy atom. The highest BCUT2D eigenvalue weighted by molar-refractivity contribution is 7.83. The van der Waals surface area contributed by atoms with Crippen LogP contribution in [0.5, 0.6) is 0 Å². The number of nitrogens with one attached hydrogen (secondary N) is 1. The maximum absolute atomic E-state index is 11.6. The van der Waals surface area contributed by atoms with E-state index in [1.807, 2.05) is 11.6 Å². The van der Waals surface area contributed by atoms with Crippen LogP contribution in [-0.4, -0.2) is 16.3 Å². The fourth-order valence-electron chi connectivity index (χ4n) is 0.622. The van der Waals surface area contributed by atoms with Gasteiger partial charge in [-0.05, 0) is 6.42 Å². The van der Waals surface area contributed by atoms with Crippen molar-refractivity contribution in [3.8, 4) is 0 Å². The molecule has 0 radical (unpaired) electrons. The second kappa shape index (κ2) is 5.53. The molecule has 0 amide bonds. The van der Waals surface area contributed by atoms with Gasteiger partial charge in [0.15, 0.2) is 11.0 Å². The second-order valence-corrected chi connectivity index (χ2v) is 3.60. The molecular weight excluding hydrogens is 191 g/mol. The number of hydrogen-bond donors (Lipinski definition) is 1. The number of alkyl halides is 3. The molecule has 0 spiro atoms. The van der Waals surface area contributed by atoms with Gasteiger partial charge >= 0.3 is 5.51 Å². The van der Waals surface area contributed by atoms with Crippen LogP contribution < -0.4 is 4.72 Å². The van der Waals surface area contributed by atoms with Crippen molar-refractivity contribution < 1.29 is 17.4 Å². The van der Waals surface area contributed by atoms with E-state index in [0.29, 0.717) is 6.42 Å². The highest BCUT2D eigenvalue weighted by Crippen LogP contribution is 2.17. The van der Waals surface area contributed by atoms with Gasteiger partial charge in [0.25, 0.3) is 0 Å². The van der Waals surface area contributed by atoms with Crippen molar-refractivity contribution in [3.63, 3.8) is 0 Å². The summed E-state index contributed by atoms with van der Waals surface area (Å²) in [5.74, 6) is 0. The fraction of sp³-hybridized carbons (Fsp3) is 1.00. The van der Waals surface area contributed by atoms with Crippen LogP contribution in [0.25, 0.3) is 0 Å². The van der Waals surface area contributed by atoms with Gasteiger partial charge in [0, 0.05) is 6.54 Å². The first-order valence-corrected chi connectivity index (χ1v) is 4.85. The molecule has 0 bridgehead atoms. The average Bonchev–Trinajstić information content (AvgIpc) is 1.96. The zero-order valence-corrected chi connectivity index (χ0v) is 7.60. The molecule has 0 aliphatic heterocycles. The first kappa shape index (κ1) is 11.9. The molecule has 0 saturated heterocycles. The van der Waals surface area contributed by atoms with Gasteiger partial charge in [-0.2, -0.15) is 13.2 Å². The normalized spacial score (nSPS) is 14.7. The lowest BCUT2D eigenvalue weighted by atomic mass is 10.3. The van der Waals surface area contributed by atoms with E-state index >= 15 is 0 Å². The maximum Gasteiger partial charge on any atom is 0.485 e. The summed E-state index contributed by atoms with van der Waals surface area (Å²) in [6.07, 6.45) is 2.40. The molecule has 0 aromatic rings. The maximum atomic E-state index is 11.6. The Labute approximate surface area is 72.1 Å². The quantitative estimate of drug-likeness (QED) is 0.680. The van der Waals surface area contributed by atoms with Gasteiger partial charge in [-0.15, -0.1) is 0 Å². The lowest BCUT2D eigenvalue weighted by Crippen LogP contribution is -2.30. The van der Waals surface area contributed by atoms with Crippen molar-refractivity contribution in [2.75, 3.05) is 6.54 Å². The Bertz CT molecular complexity index is 148. The van der Waals surface area contributed by atoms with Gasteiger partial charge in [-0.3, -0.25) is 0 Å². The first-order chi connectivity index (χ1) is 5.48. The van der Waals surface area contributed by atoms with Crippen molar-refractivity contribution in [3.05, 3.63) is 0 Å². The highest BCUT2D eigenvalue weighted by atomic mass is 32.2. The standard InChI is InChI=1S/C6H12F3NOS/c1-2-3-4-5-10-12(11)6(7,8)9/h10H,2-5H2,1H3. The molecule has 0 aliphatic rings. The van der Waals surface area contributed by atoms with E-state index in [9.17, 15) is 17.4 Å². The van der Waals surface area contributed by atoms with Crippen LogP contribution in [0.4, 0.5) is 13.2 Å². The third kappa shape index (κ3) is 5.54. The summed E-state index contributed by atoms with van der Waals surface area (Å²) in [5.41, 5.74) is -4.63. The zero-order valence-electron chi connectivity index (χ0n) is 6.78. The Morgan fingerprint density at radius 2 is 1.92 bits per heavy atom. The lowest BCUT2D eigenvalue weighted by Gasteiger charge is -2.06. The Balaban J connectivity index is 3.45. The van der Waals surface area contributed by atoms with Crippen molar-refractivity contribution in [2.24, 2.45) is 0 Å². The monoisotopic (exact) mass is 203 g/mol. The molecule has 0 saturated carbocycles. The minimum atomic E-state index is -4.63. The molecule has 0 aromatic carbocycles. The van der Waals surface area contributed by atoms with Crippen LogP contribution in [0.15, 0.2) is 0 Å². The molecule has 0 fully saturated rings. The predicted molar refractivity (Wildman–Crippen MR) is 41.7 cm³/mol. The molecule has 2 nitrogen and oxygen atoms in total. The predicted octanol–water partition coefficient (Wildman–Crippen LogP) is 1.95. The average molecular weight is 203 g/mol. The van der Waals surface area contributed by atoms with E-state index in [1.165, 1.54) is 0 Å². The Kier molecular flexibility index (Phi) is 5.48. The van der Waals surface area contributed by atoms with Gasteiger partial charge < -0.3 is 0 Å². The number of rotatable bonds is 5. The number of hydrogen-bond acceptors (Lipinski definition) is 1. The van der Waals surface area contributed by atoms with Crippen molar-refractivity contribution >= 4 is 11.0 Å². The summed E-state index contributed by atoms with van der Waals surface area (Å²) in [7, 11) is -2.89. The molecule has 12 heavy (non-hydrogen) atoms. The summed E-state index contributed by atoms with van der Waals surface area (Å²) in [6.45, 7) is 2.10. The molecule has 6 heteroatoms. The number of halogens is 3. The fourth-order valence-corrected chi connectivity index (χ4v) is 1.12. The molecule has 1 N–H and O–H groups in total. The number of unbranched alkanes of at least 4 members (excludes halogenated alkanes) is 2. The minimum absolute atomic E-state index is 0.153. The molecule has 0 rings (SSSR count). The van der Waals surface area contributed by atoms with E-state index in [-0.39, 0.29) is 6.54 Å². The molecule has 0 aromatic heterocycles. The van der Waals surface area contributed by atoms with Gasteiger partial charge in [-0.1, -0.05) is 19.8 Å². The summed E-state index contributed by atoms with van der Waals surface area (Å²) >= 11 is 0. The van der Waals surface area contributed by atoms with Crippen LogP contribution >= 0.6 is 0 Å². The van der Waals surface area contributed by atoms with E-state index in [0.717, 1.165) is 12.8 Å². The Morgan fingerprint density at radius 1 is 1.33 bits per heavy atom. The molecule has 0 heterocycles. The van der Waals surface area contributed by atoms with E-state index in [2.05, 4.69) is 0 Å². The summed E-state index contributed by atoms with van der Waals surface area (Å²) in [6, 6.07) is 0. The SMILES string of the molecule is CCCCCNS(=O)C(F)(F)F. The third-order valence-corrected chi connectivity index (χ3v) is 2.11. The van der Waals surface area contributed by atoms with Gasteiger partial charge in [0.2, 0.25) is 0 Å². The van der Waals surface area contributed by atoms with Crippen molar-refractivity contribution in [1.29, 1.82) is 0 Å². The smallest absolute Gasteiger partial charge is 0.234 e. The molecular formula is C6H12F3NOS. The van der Waals surface area contributed by atoms with E-state index < -0.39 is 16.5 Å². The first-order valence-electron chi connectivity index (χ1n) is 3.70. The largest absolute Gasteiger partial charge is 0.485 e. The van der Waals surface area contributed by atoms with Crippen LogP contribution in [-0.2, 0) is 11.0 Å². The third-order valence-electron chi connectivity index (χ3n) is 1.22. The van der Waals surface area contributed by atoms with E-state index in [4.69, 9.17) is 0 Å². The molecule has 1 unspecified atom stereocenters. The van der Waals surface area contributed by atoms with Crippen LogP contribution in [0.2, 0.25) is 0 Å². The van der Waals surface area contributed by atoms with E-state index in [1.54, 1.807) is 0 Å². The second-order valence-electron chi connectivity index (χ2n) is 2.32. The molecule has 0 aliphatic carbocycles. The Hall–Kier alpha value is -0.100. The minimum Gasteiger partial charge on any atom is -0.234 e. The topological polar surface area (TPSA) is 29.1 Å². The van der Waals surface area contributed by atoms with Gasteiger partial charge in [0.1, 0.15) is 0 Å². The van der Waals surface area contributed by atoms with Crippen molar-refractivity contribution in [2.45, 2.75) is 31.7 Å².